The van der Waals surface area contributed by atoms with E-state index in [4.69, 9.17) is 23.2 Å². The maximum atomic E-state index is 12.4. The zero-order chi connectivity index (χ0) is 13.2. The third-order valence-electron chi connectivity index (χ3n) is 2.53. The number of alkyl halides is 1. The molecule has 0 spiro atoms. The summed E-state index contributed by atoms with van der Waals surface area (Å²) in [7, 11) is -3.54. The molecule has 0 atom stereocenters. The number of benzene rings is 2. The molecule has 0 radical (unpaired) electrons. The number of rotatable bonds is 3. The predicted molar refractivity (Wildman–Crippen MR) is 72.9 cm³/mol. The molecule has 0 amide bonds. The Labute approximate surface area is 116 Å². The maximum absolute atomic E-state index is 12.4. The van der Waals surface area contributed by atoms with Crippen LogP contribution in [0.25, 0.3) is 0 Å². The van der Waals surface area contributed by atoms with Crippen molar-refractivity contribution in [3.05, 3.63) is 59.1 Å². The average molecular weight is 301 g/mol. The van der Waals surface area contributed by atoms with Crippen LogP contribution in [0, 0.1) is 0 Å². The minimum absolute atomic E-state index is 0.156. The molecule has 0 aliphatic carbocycles. The first-order valence-electron chi connectivity index (χ1n) is 5.20. The Bertz CT molecular complexity index is 649. The molecule has 0 unspecified atom stereocenters. The Hall–Kier alpha value is -1.03. The fraction of sp³-hybridized carbons (Fsp3) is 0.0769. The van der Waals surface area contributed by atoms with Gasteiger partial charge in [0, 0.05) is 10.9 Å². The lowest BCUT2D eigenvalue weighted by atomic mass is 10.2. The van der Waals surface area contributed by atoms with Gasteiger partial charge in [-0.15, -0.1) is 11.6 Å². The van der Waals surface area contributed by atoms with Crippen LogP contribution in [0.5, 0.6) is 0 Å². The standard InChI is InChI=1S/C13H10Cl2O2S/c14-9-10-3-1-2-4-13(10)18(16,17)12-7-5-11(15)6-8-12/h1-8H,9H2. The van der Waals surface area contributed by atoms with E-state index < -0.39 is 9.84 Å². The number of halogens is 2. The molecule has 0 aliphatic heterocycles. The van der Waals surface area contributed by atoms with Gasteiger partial charge in [0.1, 0.15) is 0 Å². The Balaban J connectivity index is 2.58. The van der Waals surface area contributed by atoms with Crippen LogP contribution in [0.1, 0.15) is 5.56 Å². The molecule has 0 saturated carbocycles. The van der Waals surface area contributed by atoms with Crippen molar-refractivity contribution in [2.45, 2.75) is 15.7 Å². The largest absolute Gasteiger partial charge is 0.219 e. The highest BCUT2D eigenvalue weighted by Crippen LogP contribution is 2.25. The van der Waals surface area contributed by atoms with Gasteiger partial charge in [-0.25, -0.2) is 8.42 Å². The summed E-state index contributed by atoms with van der Waals surface area (Å²) in [6, 6.07) is 12.8. The Morgan fingerprint density at radius 3 is 2.17 bits per heavy atom. The van der Waals surface area contributed by atoms with Gasteiger partial charge in [0.15, 0.2) is 0 Å². The van der Waals surface area contributed by atoms with Crippen molar-refractivity contribution in [3.63, 3.8) is 0 Å². The van der Waals surface area contributed by atoms with E-state index in [2.05, 4.69) is 0 Å². The lowest BCUT2D eigenvalue weighted by Gasteiger charge is -2.08. The van der Waals surface area contributed by atoms with Crippen molar-refractivity contribution in [1.82, 2.24) is 0 Å². The molecule has 18 heavy (non-hydrogen) atoms. The lowest BCUT2D eigenvalue weighted by Crippen LogP contribution is -2.04. The van der Waals surface area contributed by atoms with Gasteiger partial charge >= 0.3 is 0 Å². The van der Waals surface area contributed by atoms with Crippen LogP contribution < -0.4 is 0 Å². The smallest absolute Gasteiger partial charge is 0.206 e. The molecule has 2 rings (SSSR count). The van der Waals surface area contributed by atoms with Crippen LogP contribution in [-0.2, 0) is 15.7 Å². The van der Waals surface area contributed by atoms with Gasteiger partial charge in [-0.05, 0) is 35.9 Å². The first-order chi connectivity index (χ1) is 8.55. The van der Waals surface area contributed by atoms with E-state index in [0.29, 0.717) is 10.6 Å². The first kappa shape index (κ1) is 13.4. The van der Waals surface area contributed by atoms with Gasteiger partial charge < -0.3 is 0 Å². The fourth-order valence-electron chi connectivity index (χ4n) is 1.62. The zero-order valence-corrected chi connectivity index (χ0v) is 11.6. The number of hydrogen-bond donors (Lipinski definition) is 0. The molecule has 0 fully saturated rings. The van der Waals surface area contributed by atoms with E-state index in [9.17, 15) is 8.42 Å². The highest BCUT2D eigenvalue weighted by molar-refractivity contribution is 7.91. The molecular weight excluding hydrogens is 291 g/mol. The lowest BCUT2D eigenvalue weighted by molar-refractivity contribution is 0.595. The van der Waals surface area contributed by atoms with Gasteiger partial charge in [0.2, 0.25) is 9.84 Å². The first-order valence-corrected chi connectivity index (χ1v) is 7.60. The van der Waals surface area contributed by atoms with Crippen LogP contribution in [0.2, 0.25) is 5.02 Å². The summed E-state index contributed by atoms with van der Waals surface area (Å²) < 4.78 is 24.8. The SMILES string of the molecule is O=S(=O)(c1ccc(Cl)cc1)c1ccccc1CCl. The third-order valence-corrected chi connectivity index (χ3v) is 4.94. The van der Waals surface area contributed by atoms with Crippen molar-refractivity contribution in [2.24, 2.45) is 0 Å². The molecule has 0 heterocycles. The van der Waals surface area contributed by atoms with Crippen molar-refractivity contribution in [3.8, 4) is 0 Å². The number of hydrogen-bond acceptors (Lipinski definition) is 2. The summed E-state index contributed by atoms with van der Waals surface area (Å²) in [4.78, 5) is 0.451. The summed E-state index contributed by atoms with van der Waals surface area (Å²) in [6.45, 7) is 0. The average Bonchev–Trinajstić information content (AvgIpc) is 2.39. The minimum atomic E-state index is -3.54. The van der Waals surface area contributed by atoms with E-state index in [1.54, 1.807) is 36.4 Å². The van der Waals surface area contributed by atoms with Gasteiger partial charge in [0.25, 0.3) is 0 Å². The molecule has 0 N–H and O–H groups in total. The van der Waals surface area contributed by atoms with E-state index in [0.717, 1.165) is 0 Å². The highest BCUT2D eigenvalue weighted by Gasteiger charge is 2.20. The molecule has 0 aromatic heterocycles. The van der Waals surface area contributed by atoms with Gasteiger partial charge in [0.05, 0.1) is 9.79 Å². The van der Waals surface area contributed by atoms with Crippen LogP contribution in [0.15, 0.2) is 58.3 Å². The Kier molecular flexibility index (Phi) is 3.95. The molecule has 0 saturated heterocycles. The normalized spacial score (nSPS) is 11.4. The molecule has 2 nitrogen and oxygen atoms in total. The van der Waals surface area contributed by atoms with E-state index in [-0.39, 0.29) is 15.7 Å². The molecule has 5 heteroatoms. The van der Waals surface area contributed by atoms with Crippen LogP contribution >= 0.6 is 23.2 Å². The molecule has 0 bridgehead atoms. The molecule has 94 valence electrons. The second-order valence-electron chi connectivity index (χ2n) is 3.70. The van der Waals surface area contributed by atoms with E-state index in [1.807, 2.05) is 0 Å². The van der Waals surface area contributed by atoms with Gasteiger partial charge in [-0.1, -0.05) is 29.8 Å². The molecule has 2 aromatic rings. The highest BCUT2D eigenvalue weighted by atomic mass is 35.5. The van der Waals surface area contributed by atoms with Crippen molar-refractivity contribution in [2.75, 3.05) is 0 Å². The topological polar surface area (TPSA) is 34.1 Å². The third kappa shape index (κ3) is 2.53. The molecule has 2 aromatic carbocycles. The summed E-state index contributed by atoms with van der Waals surface area (Å²) >= 11 is 11.5. The van der Waals surface area contributed by atoms with Crippen LogP contribution in [-0.4, -0.2) is 8.42 Å². The second kappa shape index (κ2) is 5.31. The fourth-order valence-corrected chi connectivity index (χ4v) is 3.55. The number of sulfone groups is 1. The van der Waals surface area contributed by atoms with Crippen LogP contribution in [0.4, 0.5) is 0 Å². The van der Waals surface area contributed by atoms with Crippen LogP contribution in [0.3, 0.4) is 0 Å². The predicted octanol–water partition coefficient (Wildman–Crippen LogP) is 3.91. The van der Waals surface area contributed by atoms with E-state index >= 15 is 0 Å². The summed E-state index contributed by atoms with van der Waals surface area (Å²) in [5.74, 6) is 0.156. The molecular formula is C13H10Cl2O2S. The summed E-state index contributed by atoms with van der Waals surface area (Å²) in [5, 5.41) is 0.500. The van der Waals surface area contributed by atoms with Crippen molar-refractivity contribution < 1.29 is 8.42 Å². The monoisotopic (exact) mass is 300 g/mol. The second-order valence-corrected chi connectivity index (χ2v) is 6.32. The quantitative estimate of drug-likeness (QED) is 0.805. The minimum Gasteiger partial charge on any atom is -0.219 e. The maximum Gasteiger partial charge on any atom is 0.206 e. The van der Waals surface area contributed by atoms with Crippen molar-refractivity contribution in [1.29, 1.82) is 0 Å². The Morgan fingerprint density at radius 2 is 1.56 bits per heavy atom. The van der Waals surface area contributed by atoms with Crippen molar-refractivity contribution >= 4 is 33.0 Å². The van der Waals surface area contributed by atoms with E-state index in [1.165, 1.54) is 12.1 Å². The summed E-state index contributed by atoms with van der Waals surface area (Å²) in [6.07, 6.45) is 0. The summed E-state index contributed by atoms with van der Waals surface area (Å²) in [5.41, 5.74) is 0.592. The zero-order valence-electron chi connectivity index (χ0n) is 9.31. The van der Waals surface area contributed by atoms with Gasteiger partial charge in [-0.2, -0.15) is 0 Å². The molecule has 0 aliphatic rings. The van der Waals surface area contributed by atoms with Gasteiger partial charge in [-0.3, -0.25) is 0 Å². The Morgan fingerprint density at radius 1 is 0.944 bits per heavy atom.